The number of methoxy groups -OCH3 is 2. The van der Waals surface area contributed by atoms with Gasteiger partial charge < -0.3 is 39.6 Å². The number of fused-ring (bicyclic) bond motifs is 7. The van der Waals surface area contributed by atoms with Crippen LogP contribution in [0.4, 0.5) is 9.59 Å². The number of H-pyrrole nitrogens is 1. The second kappa shape index (κ2) is 19.5. The van der Waals surface area contributed by atoms with Crippen LogP contribution in [0.1, 0.15) is 84.2 Å². The maximum atomic E-state index is 14.8. The molecule has 5 aromatic carbocycles. The van der Waals surface area contributed by atoms with Crippen molar-refractivity contribution in [1.29, 1.82) is 0 Å². The minimum atomic E-state index is -1.03. The van der Waals surface area contributed by atoms with Crippen molar-refractivity contribution < 1.29 is 33.4 Å². The highest BCUT2D eigenvalue weighted by Gasteiger charge is 2.61. The van der Waals surface area contributed by atoms with E-state index < -0.39 is 29.9 Å². The van der Waals surface area contributed by atoms with Gasteiger partial charge in [-0.3, -0.25) is 12.4 Å². The normalized spacial score (nSPS) is 18.8. The lowest BCUT2D eigenvalue weighted by atomic mass is 9.98. The van der Waals surface area contributed by atoms with Gasteiger partial charge in [0.05, 0.1) is 77.5 Å². The van der Waals surface area contributed by atoms with Gasteiger partial charge in [-0.1, -0.05) is 101 Å². The number of aromatic nitrogens is 4. The summed E-state index contributed by atoms with van der Waals surface area (Å²) in [6.07, 6.45) is -0.513. The Morgan fingerprint density at radius 3 is 2.21 bits per heavy atom. The minimum Gasteiger partial charge on any atom is -0.501 e. The topological polar surface area (TPSA) is 173 Å². The molecule has 71 heavy (non-hydrogen) atoms. The van der Waals surface area contributed by atoms with Gasteiger partial charge in [0.2, 0.25) is 11.8 Å². The van der Waals surface area contributed by atoms with E-state index in [2.05, 4.69) is 107 Å². The molecule has 3 N–H and O–H groups in total. The van der Waals surface area contributed by atoms with Crippen LogP contribution >= 0.6 is 22.9 Å². The zero-order valence-electron chi connectivity index (χ0n) is 41.6. The van der Waals surface area contributed by atoms with E-state index in [1.165, 1.54) is 7.11 Å². The average Bonchev–Trinajstić information content (AvgIpc) is 3.70. The quantitative estimate of drug-likeness (QED) is 0.0708. The third kappa shape index (κ3) is 9.74. The molecule has 0 radical (unpaired) electrons. The number of hydrogen-bond acceptors (Lipinski definition) is 9. The van der Waals surface area contributed by atoms with Crippen LogP contribution in [-0.2, 0) is 30.3 Å². The Morgan fingerprint density at radius 1 is 0.873 bits per heavy atom. The Kier molecular flexibility index (Phi) is 13.5. The van der Waals surface area contributed by atoms with Crippen LogP contribution in [0.3, 0.4) is 0 Å². The zero-order valence-corrected chi connectivity index (χ0v) is 43.7. The molecule has 16 heteroatoms. The molecule has 7 aromatic rings. The molecule has 7 atom stereocenters. The van der Waals surface area contributed by atoms with Gasteiger partial charge in [-0.15, -0.1) is 0 Å². The van der Waals surface area contributed by atoms with Crippen LogP contribution in [0, 0.1) is 23.7 Å². The number of halogens is 1. The molecule has 9 rings (SSSR count). The summed E-state index contributed by atoms with van der Waals surface area (Å²) in [7, 11) is 2.87. The molecule has 0 spiro atoms. The molecule has 1 aliphatic carbocycles. The molecule has 1 saturated carbocycles. The maximum Gasteiger partial charge on any atom is 0.408 e. The molecule has 2 fully saturated rings. The number of nitrogens with one attached hydrogen (secondary N) is 3. The Bertz CT molecular complexity index is 3220. The van der Waals surface area contributed by atoms with Gasteiger partial charge in [0.25, 0.3) is 0 Å². The smallest absolute Gasteiger partial charge is 0.408 e. The molecular weight excluding hydrogens is 1010 g/mol. The van der Waals surface area contributed by atoms with Gasteiger partial charge in [0, 0.05) is 29.3 Å². The predicted octanol–water partition coefficient (Wildman–Crippen LogP) is 10.8. The molecule has 15 nitrogen and oxygen atoms in total. The number of likely N-dealkylation sites (tertiary alicyclic amines) is 1. The Morgan fingerprint density at radius 2 is 1.55 bits per heavy atom. The van der Waals surface area contributed by atoms with Crippen molar-refractivity contribution in [2.24, 2.45) is 23.7 Å². The Balaban J connectivity index is 0.997. The van der Waals surface area contributed by atoms with Gasteiger partial charge in [-0.05, 0) is 96.7 Å². The lowest BCUT2D eigenvalue weighted by Gasteiger charge is -2.32. The number of rotatable bonds is 14. The van der Waals surface area contributed by atoms with Gasteiger partial charge in [0.15, 0.2) is 0 Å². The Hall–Kier alpha value is -6.69. The molecular formula is C55H61IN8O7. The van der Waals surface area contributed by atoms with Crippen molar-refractivity contribution in [2.75, 3.05) is 20.8 Å². The second-order valence-corrected chi connectivity index (χ2v) is 21.3. The first-order valence-corrected chi connectivity index (χ1v) is 25.1. The molecule has 1 unspecified atom stereocenters. The van der Waals surface area contributed by atoms with Crippen molar-refractivity contribution in [1.82, 2.24) is 38.2 Å². The summed E-state index contributed by atoms with van der Waals surface area (Å²) in [5.41, 5.74) is 5.39. The van der Waals surface area contributed by atoms with Crippen LogP contribution in [0.15, 0.2) is 103 Å². The van der Waals surface area contributed by atoms with E-state index in [1.54, 1.807) is 32.8 Å². The summed E-state index contributed by atoms with van der Waals surface area (Å²) in [5, 5.41) is 9.69. The predicted molar refractivity (Wildman–Crippen MR) is 283 cm³/mol. The Labute approximate surface area is 427 Å². The van der Waals surface area contributed by atoms with E-state index in [0.717, 1.165) is 67.0 Å². The number of hydrogen-bond donors (Lipinski definition) is 3. The highest BCUT2D eigenvalue weighted by Crippen LogP contribution is 2.57. The SMILES string of the molecule is C=C(OC)[C@@H](C)CN(Cc1nc2ccc3cc(-c4ccc5c(ccc6[nH]c([C@@H]7C[C@H]8C(C)[C@H]8N7C(=O)[C@@H](NC(=O)OC)C(C)C)nc65)c4)ccc3c2n1I)C(=O)[C@H](NC(=O)OC(C)(C)C)c1ccccc1. The third-order valence-corrected chi connectivity index (χ3v) is 15.1. The van der Waals surface area contributed by atoms with E-state index in [4.69, 9.17) is 24.2 Å². The van der Waals surface area contributed by atoms with Gasteiger partial charge >= 0.3 is 12.2 Å². The number of aromatic amines is 1. The molecule has 1 saturated heterocycles. The number of alkyl carbamates (subject to hydrolysis) is 2. The van der Waals surface area contributed by atoms with Crippen LogP contribution in [-0.4, -0.2) is 90.0 Å². The fourth-order valence-electron chi connectivity index (χ4n) is 10.2. The van der Waals surface area contributed by atoms with Gasteiger partial charge in [-0.25, -0.2) is 19.6 Å². The second-order valence-electron chi connectivity index (χ2n) is 20.3. The molecule has 2 aliphatic rings. The number of benzene rings is 5. The summed E-state index contributed by atoms with van der Waals surface area (Å²) in [4.78, 5) is 71.8. The van der Waals surface area contributed by atoms with Crippen LogP contribution in [0.5, 0.6) is 0 Å². The van der Waals surface area contributed by atoms with Gasteiger partial charge in [0.1, 0.15) is 29.3 Å². The zero-order chi connectivity index (χ0) is 50.6. The van der Waals surface area contributed by atoms with Crippen LogP contribution in [0.25, 0.3) is 54.7 Å². The van der Waals surface area contributed by atoms with Crippen molar-refractivity contribution in [3.05, 3.63) is 121 Å². The van der Waals surface area contributed by atoms with Crippen molar-refractivity contribution in [2.45, 2.75) is 91.2 Å². The van der Waals surface area contributed by atoms with E-state index in [0.29, 0.717) is 29.0 Å². The van der Waals surface area contributed by atoms with E-state index in [1.807, 2.05) is 64.8 Å². The number of amides is 4. The summed E-state index contributed by atoms with van der Waals surface area (Å²) < 4.78 is 18.0. The van der Waals surface area contributed by atoms with Crippen molar-refractivity contribution in [3.8, 4) is 11.1 Å². The first-order valence-electron chi connectivity index (χ1n) is 24.1. The summed E-state index contributed by atoms with van der Waals surface area (Å²) >= 11 is 2.26. The number of piperidine rings is 1. The minimum absolute atomic E-state index is 0.107. The summed E-state index contributed by atoms with van der Waals surface area (Å²) in [5.74, 6) is 1.90. The molecule has 2 aromatic heterocycles. The number of carbonyl (C=O) groups excluding carboxylic acids is 4. The first-order chi connectivity index (χ1) is 33.8. The lowest BCUT2D eigenvalue weighted by molar-refractivity contribution is -0.137. The van der Waals surface area contributed by atoms with Crippen LogP contribution < -0.4 is 10.6 Å². The van der Waals surface area contributed by atoms with Crippen LogP contribution in [0.2, 0.25) is 0 Å². The summed E-state index contributed by atoms with van der Waals surface area (Å²) in [6.45, 7) is 17.8. The largest absolute Gasteiger partial charge is 0.501 e. The molecule has 1 aliphatic heterocycles. The third-order valence-electron chi connectivity index (χ3n) is 14.1. The monoisotopic (exact) mass is 1070 g/mol. The first kappa shape index (κ1) is 49.3. The van der Waals surface area contributed by atoms with E-state index >= 15 is 0 Å². The van der Waals surface area contributed by atoms with E-state index in [-0.39, 0.29) is 48.8 Å². The van der Waals surface area contributed by atoms with Crippen molar-refractivity contribution in [3.63, 3.8) is 0 Å². The van der Waals surface area contributed by atoms with Crippen molar-refractivity contribution >= 4 is 90.5 Å². The highest BCUT2D eigenvalue weighted by atomic mass is 127. The standard InChI is InChI=1S/C55H61IN8O7/c1-29(2)45(60-53(67)70-10)52(66)63-43(26-40-31(4)48(40)63)50-58-41-22-18-36-24-34(16-20-38(36)47(41)59-50)35-17-21-39-37(25-35)19-23-42-49(39)64(56)44(57-42)28-62(27-30(3)32(5)69-9)51(65)46(33-14-12-11-13-15-33)61-54(68)71-55(6,7)8/h11-25,29-31,40,43,45-46,48H,5,26-28H2,1-4,6-10H3,(H,58,59)(H,60,67)(H,61,68)/t30-,31?,40-,43-,45-,46+,48+/m0/s1. The summed E-state index contributed by atoms with van der Waals surface area (Å²) in [6, 6.07) is 28.3. The van der Waals surface area contributed by atoms with Gasteiger partial charge in [-0.2, -0.15) is 0 Å². The highest BCUT2D eigenvalue weighted by molar-refractivity contribution is 14.1. The number of ether oxygens (including phenoxy) is 3. The lowest BCUT2D eigenvalue weighted by Crippen LogP contribution is -2.52. The molecule has 0 bridgehead atoms. The molecule has 370 valence electrons. The number of nitrogens with zero attached hydrogens (tertiary/aromatic N) is 5. The number of carbonyl (C=O) groups is 4. The molecule has 3 heterocycles. The average molecular weight is 1070 g/mol. The maximum absolute atomic E-state index is 14.8. The van der Waals surface area contributed by atoms with E-state index in [9.17, 15) is 19.2 Å². The molecule has 4 amide bonds. The fourth-order valence-corrected chi connectivity index (χ4v) is 11.0. The number of imidazole rings is 2. The fraction of sp³-hybridized carbons (Fsp3) is 0.382.